The molecule has 11 aromatic rings. The molecule has 63 heavy (non-hydrogen) atoms. The van der Waals surface area contributed by atoms with E-state index in [4.69, 9.17) is 9.97 Å². The Morgan fingerprint density at radius 1 is 0.302 bits per heavy atom. The molecule has 1 aliphatic heterocycles. The highest BCUT2D eigenvalue weighted by Crippen LogP contribution is 2.34. The molecule has 4 aromatic heterocycles. The number of aromatic nitrogens is 4. The lowest BCUT2D eigenvalue weighted by Crippen LogP contribution is -2.72. The molecule has 294 valence electrons. The van der Waals surface area contributed by atoms with Crippen LogP contribution in [0.1, 0.15) is 0 Å². The van der Waals surface area contributed by atoms with Crippen LogP contribution in [0.2, 0.25) is 0 Å². The van der Waals surface area contributed by atoms with Gasteiger partial charge in [-0.15, -0.1) is 0 Å². The summed E-state index contributed by atoms with van der Waals surface area (Å²) in [5, 5.41) is 7.85. The van der Waals surface area contributed by atoms with Crippen LogP contribution in [-0.2, 0) is 0 Å². The lowest BCUT2D eigenvalue weighted by molar-refractivity contribution is 1.25. The Morgan fingerprint density at radius 3 is 1.37 bits per heavy atom. The van der Waals surface area contributed by atoms with Crippen LogP contribution >= 0.6 is 0 Å². The first-order valence-corrected chi connectivity index (χ1v) is 23.4. The molecular weight excluding hydrogens is 781 g/mol. The largest absolute Gasteiger partial charge is 0.255 e. The van der Waals surface area contributed by atoms with Crippen molar-refractivity contribution in [1.29, 1.82) is 0 Å². The van der Waals surface area contributed by atoms with Gasteiger partial charge in [0.1, 0.15) is 0 Å². The summed E-state index contributed by atoms with van der Waals surface area (Å²) in [7, 11) is -2.51. The molecule has 0 atom stereocenters. The maximum atomic E-state index is 5.27. The molecule has 0 unspecified atom stereocenters. The average molecular weight is 819 g/mol. The number of nitrogens with zero attached hydrogens (tertiary/aromatic N) is 4. The Balaban J connectivity index is 0.860. The van der Waals surface area contributed by atoms with Gasteiger partial charge in [0.2, 0.25) is 0 Å². The average Bonchev–Trinajstić information content (AvgIpc) is 3.67. The van der Waals surface area contributed by atoms with E-state index in [0.717, 1.165) is 66.8 Å². The van der Waals surface area contributed by atoms with Crippen molar-refractivity contribution in [2.75, 3.05) is 0 Å². The quantitative estimate of drug-likeness (QED) is 0.119. The SMILES string of the molecule is c1ccc([Si]2(c3ccccc3)c3ccccc3-c3cc(-c4ccc(-c5ccc6ccc7ccc(-c8ccc(-c9ccc(-c%10ccccn%10)nc9)cc8)nc7c6n5)cc4)ccc32)cc1. The zero-order chi connectivity index (χ0) is 41.7. The molecule has 5 heteroatoms. The first kappa shape index (κ1) is 36.7. The number of hydrogen-bond acceptors (Lipinski definition) is 4. The first-order valence-electron chi connectivity index (χ1n) is 21.4. The molecule has 0 saturated carbocycles. The van der Waals surface area contributed by atoms with Gasteiger partial charge in [-0.1, -0.05) is 182 Å². The van der Waals surface area contributed by atoms with E-state index in [9.17, 15) is 0 Å². The highest BCUT2D eigenvalue weighted by molar-refractivity contribution is 7.22. The zero-order valence-electron chi connectivity index (χ0n) is 34.2. The van der Waals surface area contributed by atoms with E-state index in [0.29, 0.717) is 0 Å². The third kappa shape index (κ3) is 6.20. The normalized spacial score (nSPS) is 12.6. The van der Waals surface area contributed by atoms with Crippen LogP contribution in [-0.4, -0.2) is 28.0 Å². The van der Waals surface area contributed by atoms with Crippen molar-refractivity contribution in [1.82, 2.24) is 19.9 Å². The molecule has 0 aliphatic carbocycles. The molecule has 7 aromatic carbocycles. The number of rotatable bonds is 7. The van der Waals surface area contributed by atoms with Crippen molar-refractivity contribution in [3.63, 3.8) is 0 Å². The second kappa shape index (κ2) is 15.1. The second-order valence-corrected chi connectivity index (χ2v) is 19.9. The van der Waals surface area contributed by atoms with Crippen LogP contribution in [0.5, 0.6) is 0 Å². The Bertz CT molecular complexity index is 3430. The summed E-state index contributed by atoms with van der Waals surface area (Å²) in [5.41, 5.74) is 14.7. The fourth-order valence-electron chi connectivity index (χ4n) is 9.62. The summed E-state index contributed by atoms with van der Waals surface area (Å²) in [6, 6.07) is 78.7. The molecular formula is C58H38N4Si. The van der Waals surface area contributed by atoms with Gasteiger partial charge in [0, 0.05) is 39.9 Å². The monoisotopic (exact) mass is 818 g/mol. The van der Waals surface area contributed by atoms with E-state index in [1.54, 1.807) is 6.20 Å². The van der Waals surface area contributed by atoms with E-state index < -0.39 is 8.07 Å². The van der Waals surface area contributed by atoms with Crippen LogP contribution in [0.4, 0.5) is 0 Å². The predicted octanol–water partition coefficient (Wildman–Crippen LogP) is 11.3. The molecule has 0 radical (unpaired) electrons. The van der Waals surface area contributed by atoms with Gasteiger partial charge in [-0.3, -0.25) is 9.97 Å². The lowest BCUT2D eigenvalue weighted by atomic mass is 9.98. The molecule has 12 rings (SSSR count). The van der Waals surface area contributed by atoms with Gasteiger partial charge in [0.15, 0.2) is 8.07 Å². The summed E-state index contributed by atoms with van der Waals surface area (Å²) in [6.45, 7) is 0. The van der Waals surface area contributed by atoms with E-state index in [1.807, 2.05) is 30.5 Å². The summed E-state index contributed by atoms with van der Waals surface area (Å²) < 4.78 is 0. The van der Waals surface area contributed by atoms with Gasteiger partial charge in [-0.25, -0.2) is 9.97 Å². The van der Waals surface area contributed by atoms with Crippen molar-refractivity contribution in [2.24, 2.45) is 0 Å². The van der Waals surface area contributed by atoms with Crippen molar-refractivity contribution >= 4 is 50.6 Å². The van der Waals surface area contributed by atoms with Crippen LogP contribution in [0, 0.1) is 0 Å². The Hall–Kier alpha value is -8.12. The molecule has 0 amide bonds. The lowest BCUT2D eigenvalue weighted by Gasteiger charge is -2.31. The van der Waals surface area contributed by atoms with Gasteiger partial charge in [0.05, 0.1) is 33.8 Å². The summed E-state index contributed by atoms with van der Waals surface area (Å²) in [6.07, 6.45) is 3.70. The summed E-state index contributed by atoms with van der Waals surface area (Å²) >= 11 is 0. The predicted molar refractivity (Wildman–Crippen MR) is 262 cm³/mol. The molecule has 0 spiro atoms. The van der Waals surface area contributed by atoms with Gasteiger partial charge in [-0.05, 0) is 85.0 Å². The molecule has 1 aliphatic rings. The van der Waals surface area contributed by atoms with Gasteiger partial charge in [0.25, 0.3) is 0 Å². The van der Waals surface area contributed by atoms with Gasteiger partial charge < -0.3 is 0 Å². The maximum Gasteiger partial charge on any atom is 0.180 e. The standard InChI is InChI=1S/C58H38N4Si/c1-3-11-47(12-4-1)63(48-13-5-2-6-14-48)55-17-8-7-15-49(55)50-37-45(31-35-56(50)63)39-18-22-41(23-19-39)51-32-28-43-26-27-44-29-33-52(62-58(44)57(43)61-51)42-24-20-40(21-25-42)46-30-34-54(60-38-46)53-16-9-10-36-59-53/h1-38H. The number of benzene rings is 7. The van der Waals surface area contributed by atoms with E-state index >= 15 is 0 Å². The molecule has 0 saturated heterocycles. The number of pyridine rings is 4. The third-order valence-corrected chi connectivity index (χ3v) is 17.6. The number of hydrogen-bond donors (Lipinski definition) is 0. The highest BCUT2D eigenvalue weighted by Gasteiger charge is 2.48. The van der Waals surface area contributed by atoms with Gasteiger partial charge in [-0.2, -0.15) is 0 Å². The molecule has 0 fully saturated rings. The van der Waals surface area contributed by atoms with Crippen LogP contribution in [0.3, 0.4) is 0 Å². The molecule has 0 N–H and O–H groups in total. The van der Waals surface area contributed by atoms with Crippen molar-refractivity contribution in [2.45, 2.75) is 0 Å². The minimum Gasteiger partial charge on any atom is -0.255 e. The number of fused-ring (bicyclic) bond motifs is 6. The van der Waals surface area contributed by atoms with Crippen molar-refractivity contribution in [3.8, 4) is 67.3 Å². The van der Waals surface area contributed by atoms with E-state index in [2.05, 4.69) is 204 Å². The van der Waals surface area contributed by atoms with Crippen molar-refractivity contribution < 1.29 is 0 Å². The minimum atomic E-state index is -2.51. The van der Waals surface area contributed by atoms with Gasteiger partial charge >= 0.3 is 0 Å². The van der Waals surface area contributed by atoms with E-state index in [1.165, 1.54) is 43.0 Å². The topological polar surface area (TPSA) is 51.6 Å². The summed E-state index contributed by atoms with van der Waals surface area (Å²) in [5.74, 6) is 0. The molecule has 4 nitrogen and oxygen atoms in total. The fourth-order valence-corrected chi connectivity index (χ4v) is 14.8. The Kier molecular flexibility index (Phi) is 8.80. The Morgan fingerprint density at radius 2 is 0.778 bits per heavy atom. The smallest absolute Gasteiger partial charge is 0.180 e. The van der Waals surface area contributed by atoms with Crippen LogP contribution in [0.15, 0.2) is 231 Å². The maximum absolute atomic E-state index is 5.27. The summed E-state index contributed by atoms with van der Waals surface area (Å²) in [4.78, 5) is 19.6. The van der Waals surface area contributed by atoms with E-state index in [-0.39, 0.29) is 0 Å². The fraction of sp³-hybridized carbons (Fsp3) is 0. The van der Waals surface area contributed by atoms with Crippen molar-refractivity contribution in [3.05, 3.63) is 231 Å². The first-order chi connectivity index (χ1) is 31.2. The third-order valence-electron chi connectivity index (χ3n) is 12.7. The highest BCUT2D eigenvalue weighted by atomic mass is 28.3. The molecule has 5 heterocycles. The van der Waals surface area contributed by atoms with Crippen LogP contribution < -0.4 is 20.7 Å². The second-order valence-electron chi connectivity index (χ2n) is 16.2. The zero-order valence-corrected chi connectivity index (χ0v) is 35.2. The minimum absolute atomic E-state index is 0.857. The molecule has 0 bridgehead atoms. The van der Waals surface area contributed by atoms with Crippen LogP contribution in [0.25, 0.3) is 89.1 Å². The Labute approximate surface area is 367 Å².